The minimum absolute atomic E-state index is 0.302. The van der Waals surface area contributed by atoms with E-state index in [1.165, 1.54) is 0 Å². The molecule has 2 aromatic heterocycles. The molecular weight excluding hydrogens is 266 g/mol. The molecule has 2 heterocycles. The highest BCUT2D eigenvalue weighted by molar-refractivity contribution is 9.11. The van der Waals surface area contributed by atoms with Crippen LogP contribution in [0.5, 0.6) is 0 Å². The maximum absolute atomic E-state index is 5.95. The van der Waals surface area contributed by atoms with Crippen molar-refractivity contribution in [3.63, 3.8) is 0 Å². The predicted octanol–water partition coefficient (Wildman–Crippen LogP) is 2.25. The second-order valence-electron chi connectivity index (χ2n) is 2.79. The first kappa shape index (κ1) is 9.82. The Bertz CT molecular complexity index is 399. The molecule has 6 heteroatoms. The van der Waals surface area contributed by atoms with Gasteiger partial charge in [-0.3, -0.25) is 0 Å². The Hall–Kier alpha value is -0.720. The highest BCUT2D eigenvalue weighted by Gasteiger charge is 2.16. The van der Waals surface area contributed by atoms with Crippen molar-refractivity contribution in [2.45, 2.75) is 13.0 Å². The Morgan fingerprint density at radius 3 is 2.86 bits per heavy atom. The van der Waals surface area contributed by atoms with Gasteiger partial charge in [-0.05, 0) is 28.1 Å². The van der Waals surface area contributed by atoms with E-state index in [0.29, 0.717) is 11.7 Å². The quantitative estimate of drug-likeness (QED) is 0.912. The minimum atomic E-state index is -0.302. The Morgan fingerprint density at radius 2 is 2.36 bits per heavy atom. The second kappa shape index (κ2) is 3.80. The zero-order valence-corrected chi connectivity index (χ0v) is 9.80. The third kappa shape index (κ3) is 1.87. The highest BCUT2D eigenvalue weighted by Crippen LogP contribution is 2.28. The summed E-state index contributed by atoms with van der Waals surface area (Å²) in [7, 11) is 0. The predicted molar refractivity (Wildman–Crippen MR) is 57.1 cm³/mol. The number of nitrogens with zero attached hydrogens (tertiary/aromatic N) is 2. The molecule has 0 aromatic carbocycles. The van der Waals surface area contributed by atoms with Crippen LogP contribution in [0, 0.1) is 6.92 Å². The largest absolute Gasteiger partial charge is 0.340 e. The van der Waals surface area contributed by atoms with Crippen LogP contribution in [0.3, 0.4) is 0 Å². The number of rotatable bonds is 2. The van der Waals surface area contributed by atoms with Crippen LogP contribution in [0.25, 0.3) is 0 Å². The van der Waals surface area contributed by atoms with Gasteiger partial charge in [0, 0.05) is 11.8 Å². The van der Waals surface area contributed by atoms with Crippen molar-refractivity contribution in [1.82, 2.24) is 10.1 Å². The molecule has 1 atom stereocenters. The maximum atomic E-state index is 5.95. The van der Waals surface area contributed by atoms with Crippen molar-refractivity contribution >= 4 is 27.3 Å². The molecule has 1 unspecified atom stereocenters. The minimum Gasteiger partial charge on any atom is -0.340 e. The number of nitrogens with two attached hydrogens (primary N) is 1. The highest BCUT2D eigenvalue weighted by atomic mass is 79.9. The molecule has 0 radical (unpaired) electrons. The Labute approximate surface area is 93.3 Å². The van der Waals surface area contributed by atoms with Crippen molar-refractivity contribution in [2.24, 2.45) is 5.73 Å². The topological polar surface area (TPSA) is 64.9 Å². The lowest BCUT2D eigenvalue weighted by molar-refractivity contribution is 0.385. The summed E-state index contributed by atoms with van der Waals surface area (Å²) >= 11 is 4.95. The van der Waals surface area contributed by atoms with Crippen LogP contribution in [0.4, 0.5) is 0 Å². The Morgan fingerprint density at radius 1 is 1.57 bits per heavy atom. The van der Waals surface area contributed by atoms with Gasteiger partial charge in [-0.25, -0.2) is 0 Å². The molecule has 2 rings (SSSR count). The average Bonchev–Trinajstić information content (AvgIpc) is 2.73. The van der Waals surface area contributed by atoms with Crippen LogP contribution < -0.4 is 5.73 Å². The van der Waals surface area contributed by atoms with E-state index in [-0.39, 0.29) is 6.04 Å². The van der Waals surface area contributed by atoms with Crippen LogP contribution in [-0.2, 0) is 0 Å². The SMILES string of the molecule is Cc1nc(C(N)c2ccc(Br)s2)no1. The van der Waals surface area contributed by atoms with Gasteiger partial charge in [0.25, 0.3) is 0 Å². The molecule has 0 saturated carbocycles. The van der Waals surface area contributed by atoms with E-state index in [9.17, 15) is 0 Å². The monoisotopic (exact) mass is 273 g/mol. The molecule has 0 fully saturated rings. The van der Waals surface area contributed by atoms with Crippen LogP contribution in [0.15, 0.2) is 20.4 Å². The van der Waals surface area contributed by atoms with Crippen LogP contribution >= 0.6 is 27.3 Å². The smallest absolute Gasteiger partial charge is 0.223 e. The van der Waals surface area contributed by atoms with E-state index in [4.69, 9.17) is 10.3 Å². The Kier molecular flexibility index (Phi) is 2.66. The molecule has 2 aromatic rings. The molecule has 2 N–H and O–H groups in total. The number of hydrogen-bond acceptors (Lipinski definition) is 5. The van der Waals surface area contributed by atoms with Crippen LogP contribution in [0.1, 0.15) is 22.6 Å². The lowest BCUT2D eigenvalue weighted by Gasteiger charge is -2.01. The first-order valence-corrected chi connectivity index (χ1v) is 5.59. The van der Waals surface area contributed by atoms with Crippen molar-refractivity contribution in [2.75, 3.05) is 0 Å². The third-order valence-corrected chi connectivity index (χ3v) is 3.43. The fraction of sp³-hybridized carbons (Fsp3) is 0.250. The number of thiophene rings is 1. The van der Waals surface area contributed by atoms with Crippen molar-refractivity contribution in [3.8, 4) is 0 Å². The van der Waals surface area contributed by atoms with E-state index < -0.39 is 0 Å². The summed E-state index contributed by atoms with van der Waals surface area (Å²) in [4.78, 5) is 5.10. The summed E-state index contributed by atoms with van der Waals surface area (Å²) in [5.41, 5.74) is 5.95. The lowest BCUT2D eigenvalue weighted by Crippen LogP contribution is -2.11. The van der Waals surface area contributed by atoms with Gasteiger partial charge in [-0.1, -0.05) is 5.16 Å². The van der Waals surface area contributed by atoms with Crippen LogP contribution in [0.2, 0.25) is 0 Å². The Balaban J connectivity index is 2.28. The van der Waals surface area contributed by atoms with Crippen molar-refractivity contribution in [1.29, 1.82) is 0 Å². The number of halogens is 1. The first-order valence-electron chi connectivity index (χ1n) is 3.98. The van der Waals surface area contributed by atoms with E-state index in [1.807, 2.05) is 12.1 Å². The molecule has 74 valence electrons. The van der Waals surface area contributed by atoms with Gasteiger partial charge in [0.15, 0.2) is 5.82 Å². The normalized spacial score (nSPS) is 13.1. The van der Waals surface area contributed by atoms with Gasteiger partial charge < -0.3 is 10.3 Å². The van der Waals surface area contributed by atoms with E-state index in [1.54, 1.807) is 18.3 Å². The summed E-state index contributed by atoms with van der Waals surface area (Å²) < 4.78 is 5.91. The van der Waals surface area contributed by atoms with Gasteiger partial charge in [0.2, 0.25) is 5.89 Å². The first-order chi connectivity index (χ1) is 6.66. The molecule has 0 amide bonds. The molecule has 0 saturated heterocycles. The molecule has 0 spiro atoms. The average molecular weight is 274 g/mol. The van der Waals surface area contributed by atoms with Gasteiger partial charge in [0.1, 0.15) is 6.04 Å². The van der Waals surface area contributed by atoms with Gasteiger partial charge >= 0.3 is 0 Å². The zero-order chi connectivity index (χ0) is 10.1. The summed E-state index contributed by atoms with van der Waals surface area (Å²) in [5, 5.41) is 3.78. The third-order valence-electron chi connectivity index (χ3n) is 1.72. The van der Waals surface area contributed by atoms with Gasteiger partial charge in [0.05, 0.1) is 3.79 Å². The van der Waals surface area contributed by atoms with Gasteiger partial charge in [-0.15, -0.1) is 11.3 Å². The molecule has 0 aliphatic heterocycles. The number of aromatic nitrogens is 2. The molecule has 0 aliphatic carbocycles. The zero-order valence-electron chi connectivity index (χ0n) is 7.40. The summed E-state index contributed by atoms with van der Waals surface area (Å²) in [6.45, 7) is 1.74. The summed E-state index contributed by atoms with van der Waals surface area (Å²) in [6, 6.07) is 3.60. The number of aryl methyl sites for hydroxylation is 1. The van der Waals surface area contributed by atoms with E-state index in [0.717, 1.165) is 8.66 Å². The molecule has 4 nitrogen and oxygen atoms in total. The fourth-order valence-corrected chi connectivity index (χ4v) is 2.49. The maximum Gasteiger partial charge on any atom is 0.223 e. The second-order valence-corrected chi connectivity index (χ2v) is 5.29. The number of hydrogen-bond donors (Lipinski definition) is 1. The van der Waals surface area contributed by atoms with E-state index in [2.05, 4.69) is 26.1 Å². The molecule has 14 heavy (non-hydrogen) atoms. The lowest BCUT2D eigenvalue weighted by atomic mass is 10.2. The summed E-state index contributed by atoms with van der Waals surface area (Å²) in [5.74, 6) is 1.06. The summed E-state index contributed by atoms with van der Waals surface area (Å²) in [6.07, 6.45) is 0. The molecule has 0 aliphatic rings. The van der Waals surface area contributed by atoms with Gasteiger partial charge in [-0.2, -0.15) is 4.98 Å². The molecule has 0 bridgehead atoms. The van der Waals surface area contributed by atoms with Crippen molar-refractivity contribution < 1.29 is 4.52 Å². The van der Waals surface area contributed by atoms with Crippen molar-refractivity contribution in [3.05, 3.63) is 32.5 Å². The standard InChI is InChI=1S/C8H8BrN3OS/c1-4-11-8(12-13-4)7(10)5-2-3-6(9)14-5/h2-3,7H,10H2,1H3. The fourth-order valence-electron chi connectivity index (χ4n) is 1.06. The van der Waals surface area contributed by atoms with E-state index >= 15 is 0 Å². The molecular formula is C8H8BrN3OS. The van der Waals surface area contributed by atoms with Crippen LogP contribution in [-0.4, -0.2) is 10.1 Å².